The van der Waals surface area contributed by atoms with Gasteiger partial charge in [0.15, 0.2) is 0 Å². The fourth-order valence-corrected chi connectivity index (χ4v) is 1.88. The molecule has 0 saturated heterocycles. The Hall–Kier alpha value is -2.27. The molecule has 0 bridgehead atoms. The van der Waals surface area contributed by atoms with Gasteiger partial charge in [-0.25, -0.2) is 0 Å². The van der Waals surface area contributed by atoms with Crippen LogP contribution in [0.15, 0.2) is 54.6 Å². The average Bonchev–Trinajstić information content (AvgIpc) is 2.40. The van der Waals surface area contributed by atoms with Crippen molar-refractivity contribution in [2.45, 2.75) is 19.4 Å². The summed E-state index contributed by atoms with van der Waals surface area (Å²) in [7, 11) is 0. The maximum atomic E-state index is 8.94. The standard InChI is InChI=1S/C16H16N2/c1-13-7-9-14(10-8-13)16(11-12-17)18-15-5-3-2-4-6-15/h2-10,16,18H,11H2,1H3. The highest BCUT2D eigenvalue weighted by molar-refractivity contribution is 5.45. The third-order valence-corrected chi connectivity index (χ3v) is 2.89. The van der Waals surface area contributed by atoms with Crippen LogP contribution in [0.3, 0.4) is 0 Å². The van der Waals surface area contributed by atoms with Crippen LogP contribution in [0.25, 0.3) is 0 Å². The van der Waals surface area contributed by atoms with E-state index in [4.69, 9.17) is 5.26 Å². The zero-order valence-electron chi connectivity index (χ0n) is 10.4. The van der Waals surface area contributed by atoms with Crippen LogP contribution >= 0.6 is 0 Å². The van der Waals surface area contributed by atoms with Crippen molar-refractivity contribution in [2.24, 2.45) is 0 Å². The third-order valence-electron chi connectivity index (χ3n) is 2.89. The van der Waals surface area contributed by atoms with Crippen molar-refractivity contribution >= 4 is 5.69 Å². The van der Waals surface area contributed by atoms with Crippen LogP contribution in [0.5, 0.6) is 0 Å². The molecule has 0 aromatic heterocycles. The van der Waals surface area contributed by atoms with Crippen LogP contribution in [-0.2, 0) is 0 Å². The normalized spacial score (nSPS) is 11.6. The Morgan fingerprint density at radius 2 is 1.72 bits per heavy atom. The molecule has 0 aliphatic rings. The minimum Gasteiger partial charge on any atom is -0.377 e. The number of para-hydroxylation sites is 1. The lowest BCUT2D eigenvalue weighted by atomic mass is 10.0. The molecule has 2 nitrogen and oxygen atoms in total. The predicted octanol–water partition coefficient (Wildman–Crippen LogP) is 4.06. The first-order valence-electron chi connectivity index (χ1n) is 6.04. The predicted molar refractivity (Wildman–Crippen MR) is 74.2 cm³/mol. The van der Waals surface area contributed by atoms with Crippen LogP contribution in [0.2, 0.25) is 0 Å². The van der Waals surface area contributed by atoms with Crippen LogP contribution in [0.1, 0.15) is 23.6 Å². The Balaban J connectivity index is 2.18. The van der Waals surface area contributed by atoms with E-state index in [0.717, 1.165) is 11.3 Å². The summed E-state index contributed by atoms with van der Waals surface area (Å²) >= 11 is 0. The highest BCUT2D eigenvalue weighted by Gasteiger charge is 2.10. The van der Waals surface area contributed by atoms with E-state index in [1.807, 2.05) is 30.3 Å². The molecule has 0 amide bonds. The molecule has 1 atom stereocenters. The summed E-state index contributed by atoms with van der Waals surface area (Å²) in [5.41, 5.74) is 3.42. The van der Waals surface area contributed by atoms with E-state index in [1.54, 1.807) is 0 Å². The first kappa shape index (κ1) is 12.2. The van der Waals surface area contributed by atoms with Gasteiger partial charge >= 0.3 is 0 Å². The molecule has 1 unspecified atom stereocenters. The Bertz CT molecular complexity index is 523. The fourth-order valence-electron chi connectivity index (χ4n) is 1.88. The highest BCUT2D eigenvalue weighted by Crippen LogP contribution is 2.22. The van der Waals surface area contributed by atoms with Gasteiger partial charge in [0.1, 0.15) is 0 Å². The molecule has 2 aromatic carbocycles. The quantitative estimate of drug-likeness (QED) is 0.868. The lowest BCUT2D eigenvalue weighted by molar-refractivity contribution is 0.806. The second-order valence-corrected chi connectivity index (χ2v) is 4.34. The SMILES string of the molecule is Cc1ccc(C(CC#N)Nc2ccccc2)cc1. The topological polar surface area (TPSA) is 35.8 Å². The average molecular weight is 236 g/mol. The summed E-state index contributed by atoms with van der Waals surface area (Å²) in [4.78, 5) is 0. The molecule has 2 heteroatoms. The van der Waals surface area contributed by atoms with E-state index in [9.17, 15) is 0 Å². The van der Waals surface area contributed by atoms with Crippen molar-refractivity contribution in [1.82, 2.24) is 0 Å². The van der Waals surface area contributed by atoms with Crippen molar-refractivity contribution in [3.8, 4) is 6.07 Å². The van der Waals surface area contributed by atoms with Crippen molar-refractivity contribution in [3.63, 3.8) is 0 Å². The van der Waals surface area contributed by atoms with Crippen LogP contribution in [0.4, 0.5) is 5.69 Å². The molecule has 0 heterocycles. The molecule has 0 fully saturated rings. The summed E-state index contributed by atoms with van der Waals surface area (Å²) in [5.74, 6) is 0. The van der Waals surface area contributed by atoms with Crippen molar-refractivity contribution < 1.29 is 0 Å². The van der Waals surface area contributed by atoms with E-state index in [0.29, 0.717) is 6.42 Å². The van der Waals surface area contributed by atoms with Gasteiger partial charge in [-0.15, -0.1) is 0 Å². The first-order valence-corrected chi connectivity index (χ1v) is 6.04. The summed E-state index contributed by atoms with van der Waals surface area (Å²) in [6, 6.07) is 20.6. The number of nitrogens with one attached hydrogen (secondary N) is 1. The molecular formula is C16H16N2. The molecule has 0 spiro atoms. The van der Waals surface area contributed by atoms with Gasteiger partial charge in [-0.1, -0.05) is 48.0 Å². The van der Waals surface area contributed by atoms with Crippen molar-refractivity contribution in [2.75, 3.05) is 5.32 Å². The molecule has 2 aromatic rings. The number of aryl methyl sites for hydroxylation is 1. The van der Waals surface area contributed by atoms with Crippen LogP contribution < -0.4 is 5.32 Å². The lowest BCUT2D eigenvalue weighted by Gasteiger charge is -2.17. The maximum Gasteiger partial charge on any atom is 0.0647 e. The van der Waals surface area contributed by atoms with Gasteiger partial charge in [-0.05, 0) is 24.6 Å². The van der Waals surface area contributed by atoms with Gasteiger partial charge in [-0.2, -0.15) is 5.26 Å². The van der Waals surface area contributed by atoms with Crippen LogP contribution in [-0.4, -0.2) is 0 Å². The molecule has 0 aliphatic carbocycles. The minimum absolute atomic E-state index is 0.0398. The number of anilines is 1. The smallest absolute Gasteiger partial charge is 0.0647 e. The Kier molecular flexibility index (Phi) is 3.98. The Labute approximate surface area is 108 Å². The lowest BCUT2D eigenvalue weighted by Crippen LogP contribution is -2.10. The van der Waals surface area contributed by atoms with E-state index < -0.39 is 0 Å². The van der Waals surface area contributed by atoms with Gasteiger partial charge in [0.25, 0.3) is 0 Å². The molecule has 90 valence electrons. The molecule has 0 saturated carbocycles. The van der Waals surface area contributed by atoms with Gasteiger partial charge in [0.2, 0.25) is 0 Å². The number of nitriles is 1. The van der Waals surface area contributed by atoms with E-state index in [-0.39, 0.29) is 6.04 Å². The number of hydrogen-bond donors (Lipinski definition) is 1. The van der Waals surface area contributed by atoms with E-state index >= 15 is 0 Å². The van der Waals surface area contributed by atoms with Gasteiger partial charge in [0, 0.05) is 5.69 Å². The van der Waals surface area contributed by atoms with Gasteiger partial charge in [0.05, 0.1) is 18.5 Å². The third kappa shape index (κ3) is 3.11. The Morgan fingerprint density at radius 1 is 1.06 bits per heavy atom. The van der Waals surface area contributed by atoms with Gasteiger partial charge < -0.3 is 5.32 Å². The molecule has 1 N–H and O–H groups in total. The highest BCUT2D eigenvalue weighted by atomic mass is 14.9. The first-order chi connectivity index (χ1) is 8.79. The molecule has 0 radical (unpaired) electrons. The molecular weight excluding hydrogens is 220 g/mol. The number of rotatable bonds is 4. The molecule has 18 heavy (non-hydrogen) atoms. The number of nitrogens with zero attached hydrogens (tertiary/aromatic N) is 1. The number of hydrogen-bond acceptors (Lipinski definition) is 2. The summed E-state index contributed by atoms with van der Waals surface area (Å²) in [6.45, 7) is 2.06. The zero-order chi connectivity index (χ0) is 12.8. The minimum atomic E-state index is 0.0398. The monoisotopic (exact) mass is 236 g/mol. The van der Waals surface area contributed by atoms with E-state index in [2.05, 4.69) is 42.6 Å². The maximum absolute atomic E-state index is 8.94. The van der Waals surface area contributed by atoms with E-state index in [1.165, 1.54) is 5.56 Å². The molecule has 0 aliphatic heterocycles. The summed E-state index contributed by atoms with van der Waals surface area (Å²) in [6.07, 6.45) is 0.456. The number of benzene rings is 2. The largest absolute Gasteiger partial charge is 0.377 e. The van der Waals surface area contributed by atoms with Crippen molar-refractivity contribution in [1.29, 1.82) is 5.26 Å². The fraction of sp³-hybridized carbons (Fsp3) is 0.188. The summed E-state index contributed by atoms with van der Waals surface area (Å²) < 4.78 is 0. The molecule has 2 rings (SSSR count). The Morgan fingerprint density at radius 3 is 2.33 bits per heavy atom. The van der Waals surface area contributed by atoms with Crippen molar-refractivity contribution in [3.05, 3.63) is 65.7 Å². The second kappa shape index (κ2) is 5.88. The zero-order valence-corrected chi connectivity index (χ0v) is 10.4. The van der Waals surface area contributed by atoms with Gasteiger partial charge in [-0.3, -0.25) is 0 Å². The van der Waals surface area contributed by atoms with Crippen LogP contribution in [0, 0.1) is 18.3 Å². The second-order valence-electron chi connectivity index (χ2n) is 4.34. The summed E-state index contributed by atoms with van der Waals surface area (Å²) in [5, 5.41) is 12.3.